The van der Waals surface area contributed by atoms with E-state index in [-0.39, 0.29) is 18.4 Å². The Kier molecular flexibility index (Phi) is 8.74. The van der Waals surface area contributed by atoms with Crippen LogP contribution in [0.15, 0.2) is 65.5 Å². The number of carbonyl (C=O) groups is 1. The maximum absolute atomic E-state index is 11.5. The average Bonchev–Trinajstić information content (AvgIpc) is 3.27. The Labute approximate surface area is 179 Å². The van der Waals surface area contributed by atoms with E-state index in [0.29, 0.717) is 0 Å². The minimum atomic E-state index is -0.453. The van der Waals surface area contributed by atoms with Crippen molar-refractivity contribution >= 4 is 5.97 Å². The fourth-order valence-corrected chi connectivity index (χ4v) is 3.32. The van der Waals surface area contributed by atoms with Crippen LogP contribution in [-0.4, -0.2) is 26.4 Å². The molecule has 0 aromatic heterocycles. The zero-order valence-electron chi connectivity index (χ0n) is 18.5. The topological polar surface area (TPSA) is 68.8 Å². The molecule has 1 aromatic rings. The number of hydrogen-bond acceptors (Lipinski definition) is 6. The van der Waals surface area contributed by atoms with E-state index in [1.165, 1.54) is 18.3 Å². The summed E-state index contributed by atoms with van der Waals surface area (Å²) in [6.07, 6.45) is 6.36. The molecule has 1 aromatic carbocycles. The van der Waals surface area contributed by atoms with Gasteiger partial charge in [-0.15, -0.1) is 0 Å². The number of ether oxygens (including phenoxy) is 3. The first-order valence-electron chi connectivity index (χ1n) is 10.2. The van der Waals surface area contributed by atoms with Crippen LogP contribution >= 0.6 is 0 Å². The first-order chi connectivity index (χ1) is 14.5. The van der Waals surface area contributed by atoms with Gasteiger partial charge in [0.1, 0.15) is 0 Å². The van der Waals surface area contributed by atoms with Gasteiger partial charge in [0.15, 0.2) is 11.5 Å². The second-order valence-electron chi connectivity index (χ2n) is 6.61. The van der Waals surface area contributed by atoms with Crippen molar-refractivity contribution in [1.29, 1.82) is 0 Å². The Morgan fingerprint density at radius 1 is 1.30 bits per heavy atom. The van der Waals surface area contributed by atoms with Crippen molar-refractivity contribution in [3.05, 3.63) is 71.1 Å². The van der Waals surface area contributed by atoms with Crippen LogP contribution in [0, 0.1) is 0 Å². The molecule has 2 heterocycles. The Bertz CT molecular complexity index is 868. The van der Waals surface area contributed by atoms with Crippen molar-refractivity contribution < 1.29 is 19.0 Å². The van der Waals surface area contributed by atoms with Crippen molar-refractivity contribution in [3.8, 4) is 11.5 Å². The Morgan fingerprint density at radius 2 is 2.03 bits per heavy atom. The van der Waals surface area contributed by atoms with Gasteiger partial charge in [0.2, 0.25) is 6.79 Å². The van der Waals surface area contributed by atoms with Gasteiger partial charge in [-0.1, -0.05) is 38.1 Å². The molecule has 1 unspecified atom stereocenters. The maximum Gasteiger partial charge on any atom is 0.337 e. The molecule has 0 radical (unpaired) electrons. The zero-order valence-corrected chi connectivity index (χ0v) is 18.5. The van der Waals surface area contributed by atoms with E-state index in [4.69, 9.17) is 9.47 Å². The summed E-state index contributed by atoms with van der Waals surface area (Å²) in [5.41, 5.74) is 4.86. The first-order valence-corrected chi connectivity index (χ1v) is 10.2. The minimum absolute atomic E-state index is 0.0378. The lowest BCUT2D eigenvalue weighted by atomic mass is 9.90. The lowest BCUT2D eigenvalue weighted by Crippen LogP contribution is -2.34. The summed E-state index contributed by atoms with van der Waals surface area (Å²) in [4.78, 5) is 11.5. The highest BCUT2D eigenvalue weighted by molar-refractivity contribution is 5.90. The Hall–Kier alpha value is -2.99. The largest absolute Gasteiger partial charge is 0.465 e. The lowest BCUT2D eigenvalue weighted by Gasteiger charge is -2.31. The molecular formula is C24H32N2O4. The van der Waals surface area contributed by atoms with Gasteiger partial charge in [0.05, 0.1) is 18.7 Å². The fraction of sp³-hybridized carbons (Fsp3) is 0.375. The number of allylic oxidation sites excluding steroid dienone is 2. The second kappa shape index (κ2) is 11.3. The maximum atomic E-state index is 11.5. The molecule has 162 valence electrons. The molecule has 0 spiro atoms. The van der Waals surface area contributed by atoms with E-state index in [2.05, 4.69) is 34.9 Å². The Balaban J connectivity index is 0.00000155. The van der Waals surface area contributed by atoms with Gasteiger partial charge < -0.3 is 24.8 Å². The summed E-state index contributed by atoms with van der Waals surface area (Å²) in [6.45, 7) is 13.0. The molecule has 3 rings (SSSR count). The van der Waals surface area contributed by atoms with Crippen LogP contribution in [-0.2, 0) is 9.53 Å². The van der Waals surface area contributed by atoms with Crippen molar-refractivity contribution in [2.24, 2.45) is 0 Å². The molecule has 2 aliphatic rings. The van der Waals surface area contributed by atoms with E-state index >= 15 is 0 Å². The van der Waals surface area contributed by atoms with Gasteiger partial charge in [-0.3, -0.25) is 0 Å². The summed E-state index contributed by atoms with van der Waals surface area (Å²) in [6, 6.07) is 5.94. The molecule has 6 nitrogen and oxygen atoms in total. The number of methoxy groups -OCH3 is 1. The fourth-order valence-electron chi connectivity index (χ4n) is 3.32. The molecule has 0 amide bonds. The molecule has 6 heteroatoms. The number of benzene rings is 1. The number of rotatable bonds is 6. The smallest absolute Gasteiger partial charge is 0.337 e. The van der Waals surface area contributed by atoms with Crippen LogP contribution in [0.5, 0.6) is 11.5 Å². The van der Waals surface area contributed by atoms with Crippen molar-refractivity contribution in [2.75, 3.05) is 20.4 Å². The molecular weight excluding hydrogens is 380 g/mol. The third-order valence-corrected chi connectivity index (χ3v) is 4.95. The van der Waals surface area contributed by atoms with Crippen LogP contribution in [0.25, 0.3) is 0 Å². The highest BCUT2D eigenvalue weighted by Gasteiger charge is 2.26. The van der Waals surface area contributed by atoms with Gasteiger partial charge in [-0.05, 0) is 49.6 Å². The van der Waals surface area contributed by atoms with Crippen molar-refractivity contribution in [1.82, 2.24) is 10.6 Å². The summed E-state index contributed by atoms with van der Waals surface area (Å²) in [5.74, 6) is 1.06. The molecule has 2 N–H and O–H groups in total. The van der Waals surface area contributed by atoms with Gasteiger partial charge in [-0.2, -0.15) is 0 Å². The molecule has 0 saturated heterocycles. The van der Waals surface area contributed by atoms with Gasteiger partial charge in [0, 0.05) is 18.4 Å². The summed E-state index contributed by atoms with van der Waals surface area (Å²) in [5, 5.41) is 6.93. The molecule has 0 aliphatic carbocycles. The standard InChI is InChI=1S/C22H26N2O4.C2H6/c1-5-14(2)17-9-11-23-20(16-6-7-18-19(12-16)28-13-27-18)21(17)24-10-8-15(3)22(25)26-4;1-2/h5-8,10,12,20,23-24H,3,9,11,13H2,1-2,4H3;1-2H3/b10-8+,14-5+;. The third-order valence-electron chi connectivity index (χ3n) is 4.95. The van der Waals surface area contributed by atoms with Crippen molar-refractivity contribution in [2.45, 2.75) is 40.2 Å². The van der Waals surface area contributed by atoms with E-state index in [1.807, 2.05) is 39.0 Å². The van der Waals surface area contributed by atoms with Gasteiger partial charge >= 0.3 is 5.97 Å². The van der Waals surface area contributed by atoms with Gasteiger partial charge in [0.25, 0.3) is 0 Å². The number of esters is 1. The minimum Gasteiger partial charge on any atom is -0.465 e. The predicted octanol–water partition coefficient (Wildman–Crippen LogP) is 4.53. The highest BCUT2D eigenvalue weighted by Crippen LogP contribution is 2.37. The van der Waals surface area contributed by atoms with Crippen LogP contribution in [0.1, 0.15) is 45.7 Å². The number of hydrogen-bond donors (Lipinski definition) is 2. The van der Waals surface area contributed by atoms with Crippen molar-refractivity contribution in [3.63, 3.8) is 0 Å². The molecule has 2 aliphatic heterocycles. The van der Waals surface area contributed by atoms with E-state index in [9.17, 15) is 4.79 Å². The normalized spacial score (nSPS) is 18.0. The summed E-state index contributed by atoms with van der Waals surface area (Å²) < 4.78 is 15.6. The van der Waals surface area contributed by atoms with E-state index < -0.39 is 5.97 Å². The highest BCUT2D eigenvalue weighted by atomic mass is 16.7. The second-order valence-corrected chi connectivity index (χ2v) is 6.61. The number of carbonyl (C=O) groups excluding carboxylic acids is 1. The molecule has 1 atom stereocenters. The quantitative estimate of drug-likeness (QED) is 0.407. The van der Waals surface area contributed by atoms with E-state index in [0.717, 1.165) is 35.7 Å². The molecule has 0 bridgehead atoms. The van der Waals surface area contributed by atoms with Crippen LogP contribution in [0.2, 0.25) is 0 Å². The van der Waals surface area contributed by atoms with Gasteiger partial charge in [-0.25, -0.2) is 4.79 Å². The lowest BCUT2D eigenvalue weighted by molar-refractivity contribution is -0.135. The summed E-state index contributed by atoms with van der Waals surface area (Å²) in [7, 11) is 1.34. The van der Waals surface area contributed by atoms with Crippen LogP contribution in [0.3, 0.4) is 0 Å². The molecule has 0 fully saturated rings. The molecule has 0 saturated carbocycles. The third kappa shape index (κ3) is 5.33. The first kappa shape index (κ1) is 23.3. The van der Waals surface area contributed by atoms with Crippen LogP contribution in [0.4, 0.5) is 0 Å². The number of fused-ring (bicyclic) bond motifs is 1. The summed E-state index contributed by atoms with van der Waals surface area (Å²) >= 11 is 0. The molecule has 30 heavy (non-hydrogen) atoms. The van der Waals surface area contributed by atoms with Crippen LogP contribution < -0.4 is 20.1 Å². The Morgan fingerprint density at radius 3 is 2.73 bits per heavy atom. The predicted molar refractivity (Wildman–Crippen MR) is 119 cm³/mol. The average molecular weight is 413 g/mol. The number of nitrogens with one attached hydrogen (secondary N) is 2. The zero-order chi connectivity index (χ0) is 22.1. The monoisotopic (exact) mass is 412 g/mol. The SMILES string of the molecule is C=C(/C=C/NC1=C(/C(C)=C/C)CCNC1c1ccc2c(c1)OCO2)C(=O)OC.CC. The van der Waals surface area contributed by atoms with E-state index in [1.54, 1.807) is 12.3 Å².